The Labute approximate surface area is 180 Å². The highest BCUT2D eigenvalue weighted by atomic mass is 16.6. The molecule has 0 unspecified atom stereocenters. The number of anilines is 1. The van der Waals surface area contributed by atoms with Crippen molar-refractivity contribution in [3.63, 3.8) is 0 Å². The summed E-state index contributed by atoms with van der Waals surface area (Å²) in [6, 6.07) is 8.14. The molecule has 0 amide bonds. The van der Waals surface area contributed by atoms with E-state index < -0.39 is 24.5 Å². The number of ether oxygens (including phenoxy) is 1. The molecular weight excluding hydrogens is 394 g/mol. The van der Waals surface area contributed by atoms with E-state index in [0.29, 0.717) is 23.0 Å². The number of fused-ring (bicyclic) bond motifs is 1. The molecule has 1 saturated heterocycles. The van der Waals surface area contributed by atoms with Crippen molar-refractivity contribution in [1.29, 1.82) is 0 Å². The van der Waals surface area contributed by atoms with E-state index in [1.165, 1.54) is 19.2 Å². The molecule has 8 heteroatoms. The highest BCUT2D eigenvalue weighted by Crippen LogP contribution is 2.32. The molecule has 2 fully saturated rings. The van der Waals surface area contributed by atoms with Crippen LogP contribution in [0.2, 0.25) is 0 Å². The van der Waals surface area contributed by atoms with Crippen molar-refractivity contribution in [1.82, 2.24) is 19.5 Å². The maximum Gasteiger partial charge on any atom is 0.167 e. The third-order valence-corrected chi connectivity index (χ3v) is 6.06. The van der Waals surface area contributed by atoms with Gasteiger partial charge in [-0.25, -0.2) is 15.0 Å². The maximum atomic E-state index is 10.7. The van der Waals surface area contributed by atoms with Gasteiger partial charge in [-0.05, 0) is 31.4 Å². The van der Waals surface area contributed by atoms with E-state index in [0.717, 1.165) is 24.0 Å². The number of imidazole rings is 1. The average Bonchev–Trinajstić information content (AvgIpc) is 3.50. The first-order chi connectivity index (χ1) is 15.1. The van der Waals surface area contributed by atoms with E-state index in [9.17, 15) is 10.2 Å². The Morgan fingerprint density at radius 2 is 1.90 bits per heavy atom. The number of hydrogen-bond donors (Lipinski definition) is 3. The van der Waals surface area contributed by atoms with Gasteiger partial charge in [0.25, 0.3) is 0 Å². The van der Waals surface area contributed by atoms with Crippen molar-refractivity contribution in [2.45, 2.75) is 63.2 Å². The van der Waals surface area contributed by atoms with Crippen LogP contribution in [0.25, 0.3) is 11.2 Å². The van der Waals surface area contributed by atoms with E-state index in [1.54, 1.807) is 10.9 Å². The van der Waals surface area contributed by atoms with Crippen LogP contribution in [0.1, 0.15) is 43.0 Å². The second-order valence-electron chi connectivity index (χ2n) is 8.18. The van der Waals surface area contributed by atoms with Gasteiger partial charge >= 0.3 is 0 Å². The van der Waals surface area contributed by atoms with Crippen molar-refractivity contribution in [2.75, 3.05) is 5.32 Å². The molecule has 5 rings (SSSR count). The first-order valence-electron chi connectivity index (χ1n) is 10.6. The van der Waals surface area contributed by atoms with Gasteiger partial charge < -0.3 is 20.3 Å². The molecule has 0 spiro atoms. The summed E-state index contributed by atoms with van der Waals surface area (Å²) in [6.45, 7) is 1.97. The normalized spacial score (nSPS) is 26.2. The van der Waals surface area contributed by atoms with Crippen molar-refractivity contribution in [3.05, 3.63) is 48.0 Å². The maximum absolute atomic E-state index is 10.7. The number of aliphatic hydroxyl groups excluding tert-OH is 2. The highest BCUT2D eigenvalue weighted by molar-refractivity contribution is 5.82. The van der Waals surface area contributed by atoms with Crippen LogP contribution >= 0.6 is 0 Å². The van der Waals surface area contributed by atoms with Gasteiger partial charge in [-0.3, -0.25) is 4.57 Å². The molecule has 160 valence electrons. The van der Waals surface area contributed by atoms with E-state index in [1.807, 2.05) is 31.2 Å². The minimum atomic E-state index is -1.16. The third-order valence-electron chi connectivity index (χ3n) is 6.06. The number of aryl methyl sites for hydroxylation is 1. The molecule has 1 aliphatic carbocycles. The molecular formula is C23H25N5O3. The van der Waals surface area contributed by atoms with Crippen LogP contribution in [0.15, 0.2) is 36.9 Å². The Kier molecular flexibility index (Phi) is 5.32. The number of rotatable bonds is 3. The summed E-state index contributed by atoms with van der Waals surface area (Å²) < 4.78 is 7.58. The number of benzene rings is 1. The molecule has 4 atom stereocenters. The van der Waals surface area contributed by atoms with Gasteiger partial charge in [0.1, 0.15) is 24.6 Å². The molecule has 0 radical (unpaired) electrons. The first-order valence-corrected chi connectivity index (χ1v) is 10.6. The quantitative estimate of drug-likeness (QED) is 0.559. The van der Waals surface area contributed by atoms with E-state index >= 15 is 0 Å². The summed E-state index contributed by atoms with van der Waals surface area (Å²) in [5.41, 5.74) is 3.06. The van der Waals surface area contributed by atoms with Crippen molar-refractivity contribution in [3.8, 4) is 11.8 Å². The summed E-state index contributed by atoms with van der Waals surface area (Å²) in [7, 11) is 0. The minimum absolute atomic E-state index is 0.388. The fourth-order valence-electron chi connectivity index (χ4n) is 4.28. The largest absolute Gasteiger partial charge is 0.386 e. The Balaban J connectivity index is 1.41. The third kappa shape index (κ3) is 3.76. The molecule has 3 N–H and O–H groups in total. The molecule has 1 saturated carbocycles. The van der Waals surface area contributed by atoms with Gasteiger partial charge in [-0.1, -0.05) is 42.9 Å². The van der Waals surface area contributed by atoms with Gasteiger partial charge in [0, 0.05) is 11.6 Å². The monoisotopic (exact) mass is 419 g/mol. The van der Waals surface area contributed by atoms with E-state index in [-0.39, 0.29) is 0 Å². The Morgan fingerprint density at radius 3 is 2.71 bits per heavy atom. The topological polar surface area (TPSA) is 105 Å². The van der Waals surface area contributed by atoms with Gasteiger partial charge in [0.15, 0.2) is 23.2 Å². The SMILES string of the molecule is Cc1ccccc1C#C[C@H]1O[C@@H](n2cnc3c(NC4CCCC4)ncnc32)[C@H](O)[C@@H]1O. The van der Waals surface area contributed by atoms with Crippen molar-refractivity contribution < 1.29 is 14.9 Å². The number of aromatic nitrogens is 4. The van der Waals surface area contributed by atoms with Crippen LogP contribution in [0.4, 0.5) is 5.82 Å². The van der Waals surface area contributed by atoms with Gasteiger partial charge in [0.05, 0.1) is 6.33 Å². The number of nitrogens with one attached hydrogen (secondary N) is 1. The van der Waals surface area contributed by atoms with Gasteiger partial charge in [-0.15, -0.1) is 0 Å². The molecule has 2 aromatic heterocycles. The lowest BCUT2D eigenvalue weighted by molar-refractivity contribution is -0.0230. The molecule has 8 nitrogen and oxygen atoms in total. The molecule has 1 aliphatic heterocycles. The number of hydrogen-bond acceptors (Lipinski definition) is 7. The second-order valence-corrected chi connectivity index (χ2v) is 8.18. The van der Waals surface area contributed by atoms with Crippen molar-refractivity contribution >= 4 is 17.0 Å². The Bertz CT molecular complexity index is 1140. The lowest BCUT2D eigenvalue weighted by Crippen LogP contribution is -2.31. The summed E-state index contributed by atoms with van der Waals surface area (Å²) in [5.74, 6) is 6.69. The van der Waals surface area contributed by atoms with Crippen LogP contribution in [0.5, 0.6) is 0 Å². The van der Waals surface area contributed by atoms with Gasteiger partial charge in [0.2, 0.25) is 0 Å². The smallest absolute Gasteiger partial charge is 0.167 e. The molecule has 0 bridgehead atoms. The molecule has 31 heavy (non-hydrogen) atoms. The van der Waals surface area contributed by atoms with Gasteiger partial charge in [-0.2, -0.15) is 0 Å². The predicted molar refractivity (Wildman–Crippen MR) is 115 cm³/mol. The summed E-state index contributed by atoms with van der Waals surface area (Å²) in [4.78, 5) is 13.2. The zero-order valence-corrected chi connectivity index (χ0v) is 17.3. The van der Waals surface area contributed by atoms with Crippen LogP contribution in [-0.2, 0) is 4.74 Å². The summed E-state index contributed by atoms with van der Waals surface area (Å²) in [6.07, 6.45) is 3.74. The molecule has 3 heterocycles. The Morgan fingerprint density at radius 1 is 1.10 bits per heavy atom. The second kappa shape index (κ2) is 8.27. The molecule has 1 aromatic carbocycles. The lowest BCUT2D eigenvalue weighted by Gasteiger charge is -2.16. The number of aliphatic hydroxyl groups is 2. The number of nitrogens with zero attached hydrogens (tertiary/aromatic N) is 4. The fourth-order valence-corrected chi connectivity index (χ4v) is 4.28. The summed E-state index contributed by atoms with van der Waals surface area (Å²) >= 11 is 0. The first kappa shape index (κ1) is 19.9. The fraction of sp³-hybridized carbons (Fsp3) is 0.435. The van der Waals surface area contributed by atoms with E-state index in [4.69, 9.17) is 4.74 Å². The zero-order valence-electron chi connectivity index (χ0n) is 17.3. The highest BCUT2D eigenvalue weighted by Gasteiger charge is 2.43. The summed E-state index contributed by atoms with van der Waals surface area (Å²) in [5, 5.41) is 24.7. The average molecular weight is 419 g/mol. The van der Waals surface area contributed by atoms with Crippen LogP contribution in [0, 0.1) is 18.8 Å². The Hall–Kier alpha value is -2.99. The molecule has 3 aromatic rings. The predicted octanol–water partition coefficient (Wildman–Crippen LogP) is 2.16. The minimum Gasteiger partial charge on any atom is -0.386 e. The van der Waals surface area contributed by atoms with Crippen LogP contribution < -0.4 is 5.32 Å². The lowest BCUT2D eigenvalue weighted by atomic mass is 10.1. The van der Waals surface area contributed by atoms with Crippen LogP contribution in [0.3, 0.4) is 0 Å². The standard InChI is InChI=1S/C23H25N5O3/c1-14-6-2-3-7-15(14)10-11-17-19(29)20(30)23(31-17)28-13-26-18-21(24-12-25-22(18)28)27-16-8-4-5-9-16/h2-3,6-7,12-13,16-17,19-20,23,29-30H,4-5,8-9H2,1H3,(H,24,25,27)/t17-,19-,20-,23-/m1/s1. The van der Waals surface area contributed by atoms with E-state index in [2.05, 4.69) is 32.1 Å². The van der Waals surface area contributed by atoms with Crippen molar-refractivity contribution in [2.24, 2.45) is 0 Å². The zero-order chi connectivity index (χ0) is 21.4. The molecule has 2 aliphatic rings. The van der Waals surface area contributed by atoms with Crippen LogP contribution in [-0.4, -0.2) is 54.1 Å².